The van der Waals surface area contributed by atoms with E-state index in [2.05, 4.69) is 66.4 Å². The van der Waals surface area contributed by atoms with Crippen LogP contribution in [0.25, 0.3) is 25.1 Å². The summed E-state index contributed by atoms with van der Waals surface area (Å²) in [6, 6.07) is 25.0. The highest BCUT2D eigenvalue weighted by molar-refractivity contribution is 7.50. The molecule has 0 unspecified atom stereocenters. The van der Waals surface area contributed by atoms with E-state index in [-0.39, 0.29) is 16.4 Å². The number of fused-ring (bicyclic) bond motifs is 3. The van der Waals surface area contributed by atoms with Crippen LogP contribution < -0.4 is 0 Å². The van der Waals surface area contributed by atoms with Crippen LogP contribution in [0, 0.1) is 17.8 Å². The van der Waals surface area contributed by atoms with Gasteiger partial charge in [0.1, 0.15) is 0 Å². The second-order valence-electron chi connectivity index (χ2n) is 8.62. The van der Waals surface area contributed by atoms with Crippen molar-refractivity contribution in [1.82, 2.24) is 0 Å². The average molecular weight is 426 g/mol. The summed E-state index contributed by atoms with van der Waals surface area (Å²) in [6.07, 6.45) is 3.56. The third-order valence-corrected chi connectivity index (χ3v) is 8.16. The van der Waals surface area contributed by atoms with E-state index in [1.54, 1.807) is 0 Å². The number of esters is 1. The Morgan fingerprint density at radius 1 is 0.935 bits per heavy atom. The average Bonchev–Trinajstić information content (AvgIpc) is 3.07. The fourth-order valence-corrected chi connectivity index (χ4v) is 6.43. The first-order valence-electron chi connectivity index (χ1n) is 10.8. The maximum Gasteiger partial charge on any atom is 0.339 e. The van der Waals surface area contributed by atoms with Gasteiger partial charge < -0.3 is 4.74 Å². The summed E-state index contributed by atoms with van der Waals surface area (Å²) < 4.78 is 8.40. The summed E-state index contributed by atoms with van der Waals surface area (Å²) >= 11 is 0. The molecular formula is C28H25O2S+. The number of benzene rings is 3. The Kier molecular flexibility index (Phi) is 5.04. The molecule has 0 saturated heterocycles. The first-order chi connectivity index (χ1) is 15.0. The monoisotopic (exact) mass is 425 g/mol. The van der Waals surface area contributed by atoms with Crippen molar-refractivity contribution in [2.24, 2.45) is 5.92 Å². The van der Waals surface area contributed by atoms with Gasteiger partial charge in [0.2, 0.25) is 0 Å². The Hall–Kier alpha value is -3.09. The third kappa shape index (κ3) is 3.84. The highest BCUT2D eigenvalue weighted by Crippen LogP contribution is 2.48. The maximum absolute atomic E-state index is 13.0. The third-order valence-electron chi connectivity index (χ3n) is 5.84. The van der Waals surface area contributed by atoms with E-state index in [4.69, 9.17) is 4.74 Å². The quantitative estimate of drug-likeness (QED) is 0.193. The Morgan fingerprint density at radius 2 is 1.58 bits per heavy atom. The molecule has 1 aliphatic rings. The molecule has 0 N–H and O–H groups in total. The van der Waals surface area contributed by atoms with E-state index in [1.807, 2.05) is 32.0 Å². The molecule has 1 aliphatic carbocycles. The van der Waals surface area contributed by atoms with Crippen LogP contribution in [0.1, 0.15) is 43.5 Å². The van der Waals surface area contributed by atoms with Gasteiger partial charge in [-0.25, -0.2) is 4.79 Å². The van der Waals surface area contributed by atoms with Gasteiger partial charge in [-0.05, 0) is 63.1 Å². The van der Waals surface area contributed by atoms with Crippen LogP contribution in [0.4, 0.5) is 0 Å². The van der Waals surface area contributed by atoms with Crippen LogP contribution in [0.15, 0.2) is 72.8 Å². The molecule has 5 rings (SSSR count). The summed E-state index contributed by atoms with van der Waals surface area (Å²) in [5.41, 5.74) is -0.220. The molecule has 0 bridgehead atoms. The zero-order valence-corrected chi connectivity index (χ0v) is 18.7. The van der Waals surface area contributed by atoms with Crippen LogP contribution in [-0.4, -0.2) is 11.6 Å². The molecule has 0 radical (unpaired) electrons. The minimum absolute atomic E-state index is 0.230. The van der Waals surface area contributed by atoms with Crippen LogP contribution in [0.5, 0.6) is 0 Å². The standard InChI is InChI=1S/C28H25O2S/c1-28(2,18-17-20-9-7-10-20)30-27(29)21-11-8-12-22(19-21)31-25-15-5-3-13-23(25)24-14-4-6-16-26(24)31/h3-6,8,11-16,19-20H,7,9-10H2,1-2H3/q+1. The summed E-state index contributed by atoms with van der Waals surface area (Å²) in [4.78, 5) is 14.1. The van der Waals surface area contributed by atoms with Gasteiger partial charge in [-0.3, -0.25) is 0 Å². The summed E-state index contributed by atoms with van der Waals surface area (Å²) in [5.74, 6) is 6.58. The Bertz CT molecular complexity index is 1290. The van der Waals surface area contributed by atoms with Crippen LogP contribution >= 0.6 is 10.5 Å². The summed E-state index contributed by atoms with van der Waals surface area (Å²) in [5, 5.41) is 2.56. The first kappa shape index (κ1) is 19.8. The number of thiophene rings is 1. The minimum atomic E-state index is -0.794. The number of rotatable bonds is 3. The van der Waals surface area contributed by atoms with E-state index in [0.717, 1.165) is 17.7 Å². The molecule has 0 amide bonds. The Labute approximate surface area is 185 Å². The molecule has 4 aromatic rings. The van der Waals surface area contributed by atoms with Gasteiger partial charge in [0, 0.05) is 33.2 Å². The van der Waals surface area contributed by atoms with E-state index in [0.29, 0.717) is 11.5 Å². The predicted octanol–water partition coefficient (Wildman–Crippen LogP) is 7.47. The zero-order valence-electron chi connectivity index (χ0n) is 17.9. The molecule has 0 aliphatic heterocycles. The second kappa shape index (κ2) is 7.87. The SMILES string of the molecule is CC(C)(C#CC1CCC1)OC(=O)c1cccc(-[s+]2c3ccccc3c3ccccc32)c1. The topological polar surface area (TPSA) is 26.3 Å². The van der Waals surface area contributed by atoms with Crippen molar-refractivity contribution in [2.75, 3.05) is 0 Å². The highest BCUT2D eigenvalue weighted by Gasteiger charge is 2.26. The lowest BCUT2D eigenvalue weighted by Gasteiger charge is -2.22. The molecule has 1 fully saturated rings. The lowest BCUT2D eigenvalue weighted by molar-refractivity contribution is 0.0203. The number of carbonyl (C=O) groups excluding carboxylic acids is 1. The highest BCUT2D eigenvalue weighted by atomic mass is 32.2. The molecule has 3 aromatic carbocycles. The molecule has 154 valence electrons. The van der Waals surface area contributed by atoms with Crippen molar-refractivity contribution in [1.29, 1.82) is 0 Å². The number of hydrogen-bond donors (Lipinski definition) is 0. The number of hydrogen-bond acceptors (Lipinski definition) is 2. The van der Waals surface area contributed by atoms with Crippen LogP contribution in [-0.2, 0) is 4.74 Å². The van der Waals surface area contributed by atoms with Crippen molar-refractivity contribution in [2.45, 2.75) is 38.7 Å². The van der Waals surface area contributed by atoms with Gasteiger partial charge in [0.05, 0.1) is 5.56 Å². The van der Waals surface area contributed by atoms with Gasteiger partial charge >= 0.3 is 5.97 Å². The molecule has 0 spiro atoms. The van der Waals surface area contributed by atoms with Gasteiger partial charge in [-0.15, -0.1) is 0 Å². The smallest absolute Gasteiger partial charge is 0.339 e. The second-order valence-corrected chi connectivity index (χ2v) is 10.6. The minimum Gasteiger partial charge on any atom is -0.443 e. The van der Waals surface area contributed by atoms with Crippen molar-refractivity contribution in [3.63, 3.8) is 0 Å². The number of carbonyl (C=O) groups is 1. The molecule has 1 heterocycles. The van der Waals surface area contributed by atoms with Gasteiger partial charge in [-0.2, -0.15) is 0 Å². The molecule has 1 saturated carbocycles. The largest absolute Gasteiger partial charge is 0.443 e. The first-order valence-corrected chi connectivity index (χ1v) is 12.0. The predicted molar refractivity (Wildman–Crippen MR) is 130 cm³/mol. The van der Waals surface area contributed by atoms with Crippen molar-refractivity contribution in [3.8, 4) is 16.7 Å². The summed E-state index contributed by atoms with van der Waals surface area (Å²) in [6.45, 7) is 3.73. The zero-order chi connectivity index (χ0) is 21.4. The lowest BCUT2D eigenvalue weighted by atomic mass is 9.85. The van der Waals surface area contributed by atoms with Gasteiger partial charge in [-0.1, -0.05) is 48.6 Å². The molecule has 0 atom stereocenters. The maximum atomic E-state index is 13.0. The van der Waals surface area contributed by atoms with E-state index >= 15 is 0 Å². The molecule has 1 aromatic heterocycles. The van der Waals surface area contributed by atoms with Crippen molar-refractivity contribution < 1.29 is 9.53 Å². The fraction of sp³-hybridized carbons (Fsp3) is 0.250. The molecule has 2 nitrogen and oxygen atoms in total. The molecule has 31 heavy (non-hydrogen) atoms. The van der Waals surface area contributed by atoms with Crippen molar-refractivity contribution in [3.05, 3.63) is 78.4 Å². The van der Waals surface area contributed by atoms with Crippen molar-refractivity contribution >= 4 is 36.6 Å². The van der Waals surface area contributed by atoms with Crippen LogP contribution in [0.2, 0.25) is 0 Å². The van der Waals surface area contributed by atoms with E-state index in [1.165, 1.54) is 26.6 Å². The molecule has 3 heteroatoms. The molecular weight excluding hydrogens is 400 g/mol. The van der Waals surface area contributed by atoms with E-state index < -0.39 is 5.60 Å². The summed E-state index contributed by atoms with van der Waals surface area (Å²) in [7, 11) is -0.230. The fourth-order valence-electron chi connectivity index (χ4n) is 4.00. The number of ether oxygens (including phenoxy) is 1. The van der Waals surface area contributed by atoms with Gasteiger partial charge in [0.15, 0.2) is 19.9 Å². The van der Waals surface area contributed by atoms with E-state index in [9.17, 15) is 4.79 Å². The van der Waals surface area contributed by atoms with Gasteiger partial charge in [0.25, 0.3) is 0 Å². The lowest BCUT2D eigenvalue weighted by Crippen LogP contribution is -2.26. The normalized spacial score (nSPS) is 14.1. The Balaban J connectivity index is 1.51. The Morgan fingerprint density at radius 3 is 2.19 bits per heavy atom. The van der Waals surface area contributed by atoms with Crippen LogP contribution in [0.3, 0.4) is 0 Å².